The van der Waals surface area contributed by atoms with Crippen LogP contribution < -0.4 is 33.2 Å². The summed E-state index contributed by atoms with van der Waals surface area (Å²) in [6, 6.07) is -4.44. The summed E-state index contributed by atoms with van der Waals surface area (Å²) in [5.74, 6) is -5.96. The largest absolute Gasteiger partial charge is 0.480 e. The topological polar surface area (TPSA) is 277 Å². The van der Waals surface area contributed by atoms with Crippen LogP contribution in [0.5, 0.6) is 0 Å². The Balaban J connectivity index is 2.01. The fourth-order valence-corrected chi connectivity index (χ4v) is 4.82. The molecule has 7 amide bonds. The van der Waals surface area contributed by atoms with Gasteiger partial charge in [0.05, 0.1) is 13.1 Å². The first-order chi connectivity index (χ1) is 19.3. The fourth-order valence-electron chi connectivity index (χ4n) is 4.82. The average Bonchev–Trinajstić information content (AvgIpc) is 3.61. The molecule has 0 radical (unpaired) electrons. The Morgan fingerprint density at radius 1 is 0.756 bits per heavy atom. The third-order valence-electron chi connectivity index (χ3n) is 6.95. The van der Waals surface area contributed by atoms with Gasteiger partial charge in [-0.15, -0.1) is 0 Å². The van der Waals surface area contributed by atoms with Crippen LogP contribution in [0.3, 0.4) is 0 Å². The predicted octanol–water partition coefficient (Wildman–Crippen LogP) is -4.37. The summed E-state index contributed by atoms with van der Waals surface area (Å²) in [4.78, 5) is 99.9. The van der Waals surface area contributed by atoms with Crippen LogP contribution in [-0.2, 0) is 38.4 Å². The van der Waals surface area contributed by atoms with Crippen LogP contribution in [0, 0.1) is 0 Å². The van der Waals surface area contributed by atoms with Gasteiger partial charge in [0.1, 0.15) is 24.2 Å². The van der Waals surface area contributed by atoms with E-state index in [1.165, 1.54) is 9.80 Å². The Labute approximate surface area is 235 Å². The van der Waals surface area contributed by atoms with Crippen LogP contribution in [0.25, 0.3) is 0 Å². The van der Waals surface area contributed by atoms with Gasteiger partial charge in [-0.05, 0) is 38.5 Å². The molecule has 10 N–H and O–H groups in total. The van der Waals surface area contributed by atoms with E-state index in [-0.39, 0.29) is 45.2 Å². The molecule has 2 heterocycles. The SMILES string of the molecule is NCC(=O)N1CCC[C@H]1C(=O)NC(CCC(N)=O)C(=O)NCC(=O)N1CCC[C@H]1C(=O)NC(CCC(N)=O)C(=O)O. The van der Waals surface area contributed by atoms with Crippen LogP contribution in [-0.4, -0.2) is 113 Å². The standard InChI is InChI=1S/C24H38N8O9/c25-11-19(35)31-9-1-3-15(31)22(38)29-13(5-7-17(26)33)21(37)28-12-20(36)32-10-2-4-16(32)23(39)30-14(24(40)41)6-8-18(27)34/h13-16H,1-12,25H2,(H2,26,33)(H2,27,34)(H,28,37)(H,29,38)(H,30,39)(H,40,41)/t13?,14?,15-,16-/m0/s1. The van der Waals surface area contributed by atoms with E-state index in [9.17, 15) is 43.5 Å². The zero-order valence-electron chi connectivity index (χ0n) is 22.6. The average molecular weight is 583 g/mol. The molecule has 2 saturated heterocycles. The van der Waals surface area contributed by atoms with Crippen molar-refractivity contribution in [1.82, 2.24) is 25.8 Å². The van der Waals surface area contributed by atoms with Gasteiger partial charge in [0.15, 0.2) is 0 Å². The number of hydrogen-bond donors (Lipinski definition) is 7. The van der Waals surface area contributed by atoms with Gasteiger partial charge in [0.2, 0.25) is 41.4 Å². The van der Waals surface area contributed by atoms with Crippen LogP contribution in [0.2, 0.25) is 0 Å². The number of carboxylic acid groups (broad SMARTS) is 1. The second-order valence-corrected chi connectivity index (χ2v) is 9.88. The maximum absolute atomic E-state index is 12.9. The van der Waals surface area contributed by atoms with E-state index in [0.717, 1.165) is 0 Å². The number of hydrogen-bond acceptors (Lipinski definition) is 9. The number of likely N-dealkylation sites (tertiary alicyclic amines) is 2. The van der Waals surface area contributed by atoms with Gasteiger partial charge in [-0.1, -0.05) is 0 Å². The lowest BCUT2D eigenvalue weighted by molar-refractivity contribution is -0.144. The lowest BCUT2D eigenvalue weighted by atomic mass is 10.1. The number of primary amides is 2. The minimum absolute atomic E-state index is 0.157. The number of aliphatic carboxylic acids is 1. The van der Waals surface area contributed by atoms with Crippen LogP contribution in [0.15, 0.2) is 0 Å². The molecule has 17 nitrogen and oxygen atoms in total. The van der Waals surface area contributed by atoms with Crippen LogP contribution in [0.4, 0.5) is 0 Å². The maximum atomic E-state index is 12.9. The van der Waals surface area contributed by atoms with Crippen molar-refractivity contribution in [3.8, 4) is 0 Å². The molecule has 41 heavy (non-hydrogen) atoms. The maximum Gasteiger partial charge on any atom is 0.326 e. The van der Waals surface area contributed by atoms with Crippen molar-refractivity contribution in [3.05, 3.63) is 0 Å². The molecule has 4 atom stereocenters. The van der Waals surface area contributed by atoms with E-state index in [1.807, 2.05) is 0 Å². The summed E-state index contributed by atoms with van der Waals surface area (Å²) in [5, 5.41) is 16.6. The van der Waals surface area contributed by atoms with Crippen molar-refractivity contribution < 1.29 is 43.5 Å². The first kappa shape index (κ1) is 32.9. The van der Waals surface area contributed by atoms with Gasteiger partial charge >= 0.3 is 5.97 Å². The van der Waals surface area contributed by atoms with E-state index in [4.69, 9.17) is 17.2 Å². The Morgan fingerprint density at radius 3 is 1.68 bits per heavy atom. The number of carboxylic acids is 1. The molecule has 2 aliphatic rings. The molecular weight excluding hydrogens is 544 g/mol. The number of carbonyl (C=O) groups is 8. The third kappa shape index (κ3) is 9.70. The molecule has 0 spiro atoms. The lowest BCUT2D eigenvalue weighted by Gasteiger charge is -2.27. The molecule has 0 aromatic carbocycles. The van der Waals surface area contributed by atoms with Gasteiger partial charge in [-0.25, -0.2) is 4.79 Å². The molecule has 0 bridgehead atoms. The molecule has 0 aromatic heterocycles. The third-order valence-corrected chi connectivity index (χ3v) is 6.95. The van der Waals surface area contributed by atoms with Crippen molar-refractivity contribution in [3.63, 3.8) is 0 Å². The van der Waals surface area contributed by atoms with Crippen molar-refractivity contribution in [2.45, 2.75) is 75.5 Å². The highest BCUT2D eigenvalue weighted by Gasteiger charge is 2.37. The molecule has 17 heteroatoms. The second kappa shape index (κ2) is 15.5. The van der Waals surface area contributed by atoms with Gasteiger partial charge in [-0.3, -0.25) is 33.6 Å². The van der Waals surface area contributed by atoms with E-state index >= 15 is 0 Å². The first-order valence-electron chi connectivity index (χ1n) is 13.3. The zero-order chi connectivity index (χ0) is 30.7. The Kier molecular flexibility index (Phi) is 12.4. The van der Waals surface area contributed by atoms with Crippen molar-refractivity contribution in [1.29, 1.82) is 0 Å². The summed E-state index contributed by atoms with van der Waals surface area (Å²) in [7, 11) is 0. The van der Waals surface area contributed by atoms with Crippen molar-refractivity contribution in [2.24, 2.45) is 17.2 Å². The zero-order valence-corrected chi connectivity index (χ0v) is 22.6. The molecule has 2 rings (SSSR count). The number of nitrogens with one attached hydrogen (secondary N) is 3. The normalized spacial score (nSPS) is 19.6. The summed E-state index contributed by atoms with van der Waals surface area (Å²) in [6.07, 6.45) is 0.768. The molecule has 0 aromatic rings. The number of nitrogens with zero attached hydrogens (tertiary/aromatic N) is 2. The number of rotatable bonds is 15. The molecule has 2 unspecified atom stereocenters. The quantitative estimate of drug-likeness (QED) is 0.0973. The lowest BCUT2D eigenvalue weighted by Crippen LogP contribution is -2.55. The number of amides is 7. The van der Waals surface area contributed by atoms with Gasteiger partial charge in [0, 0.05) is 25.9 Å². The molecule has 0 aliphatic carbocycles. The number of nitrogens with two attached hydrogens (primary N) is 3. The Hall–Kier alpha value is -4.28. The van der Waals surface area contributed by atoms with Crippen molar-refractivity contribution in [2.75, 3.05) is 26.2 Å². The number of carbonyl (C=O) groups excluding carboxylic acids is 7. The molecule has 2 fully saturated rings. The Bertz CT molecular complexity index is 1050. The summed E-state index contributed by atoms with van der Waals surface area (Å²) >= 11 is 0. The molecule has 0 saturated carbocycles. The molecule has 2 aliphatic heterocycles. The predicted molar refractivity (Wildman–Crippen MR) is 140 cm³/mol. The monoisotopic (exact) mass is 582 g/mol. The van der Waals surface area contributed by atoms with E-state index in [0.29, 0.717) is 25.8 Å². The van der Waals surface area contributed by atoms with Gasteiger partial charge in [-0.2, -0.15) is 0 Å². The van der Waals surface area contributed by atoms with Gasteiger partial charge in [0.25, 0.3) is 0 Å². The van der Waals surface area contributed by atoms with Crippen LogP contribution >= 0.6 is 0 Å². The highest BCUT2D eigenvalue weighted by Crippen LogP contribution is 2.19. The second-order valence-electron chi connectivity index (χ2n) is 9.88. The highest BCUT2D eigenvalue weighted by molar-refractivity contribution is 5.95. The Morgan fingerprint density at radius 2 is 1.22 bits per heavy atom. The summed E-state index contributed by atoms with van der Waals surface area (Å²) < 4.78 is 0. The summed E-state index contributed by atoms with van der Waals surface area (Å²) in [5.41, 5.74) is 15.7. The smallest absolute Gasteiger partial charge is 0.326 e. The molecule has 228 valence electrons. The minimum Gasteiger partial charge on any atom is -0.480 e. The van der Waals surface area contributed by atoms with E-state index in [2.05, 4.69) is 16.0 Å². The van der Waals surface area contributed by atoms with Crippen molar-refractivity contribution >= 4 is 47.3 Å². The van der Waals surface area contributed by atoms with E-state index < -0.39 is 78.0 Å². The first-order valence-corrected chi connectivity index (χ1v) is 13.3. The van der Waals surface area contributed by atoms with Gasteiger partial charge < -0.3 is 48.1 Å². The van der Waals surface area contributed by atoms with E-state index in [1.54, 1.807) is 0 Å². The van der Waals surface area contributed by atoms with Crippen LogP contribution in [0.1, 0.15) is 51.4 Å². The molecular formula is C24H38N8O9. The minimum atomic E-state index is -1.38. The fraction of sp³-hybridized carbons (Fsp3) is 0.667. The highest BCUT2D eigenvalue weighted by atomic mass is 16.4. The summed E-state index contributed by atoms with van der Waals surface area (Å²) in [6.45, 7) is -0.307.